The van der Waals surface area contributed by atoms with E-state index in [1.165, 1.54) is 18.7 Å². The lowest BCUT2D eigenvalue weighted by Crippen LogP contribution is -2.58. The predicted octanol–water partition coefficient (Wildman–Crippen LogP) is 2.58. The Bertz CT molecular complexity index is 218. The van der Waals surface area contributed by atoms with E-state index in [4.69, 9.17) is 5.73 Å². The van der Waals surface area contributed by atoms with Gasteiger partial charge in [-0.25, -0.2) is 0 Å². The van der Waals surface area contributed by atoms with Gasteiger partial charge in [0, 0.05) is 35.7 Å². The van der Waals surface area contributed by atoms with Gasteiger partial charge in [-0.15, -0.1) is 0 Å². The number of thioether (sulfide) groups is 1. The lowest BCUT2D eigenvalue weighted by molar-refractivity contribution is 0.0652. The average Bonchev–Trinajstić information content (AvgIpc) is 2.57. The monoisotopic (exact) mass is 244 g/mol. The molecule has 0 aromatic rings. The first-order valence-electron chi connectivity index (χ1n) is 6.49. The Kier molecular flexibility index (Phi) is 5.14. The van der Waals surface area contributed by atoms with Gasteiger partial charge in [-0.1, -0.05) is 20.8 Å². The second-order valence-corrected chi connectivity index (χ2v) is 7.32. The highest BCUT2D eigenvalue weighted by atomic mass is 32.2. The predicted molar refractivity (Wildman–Crippen MR) is 75.0 cm³/mol. The summed E-state index contributed by atoms with van der Waals surface area (Å²) in [6, 6.07) is 0.594. The van der Waals surface area contributed by atoms with Crippen LogP contribution in [0.5, 0.6) is 0 Å². The van der Waals surface area contributed by atoms with Crippen molar-refractivity contribution in [1.82, 2.24) is 4.90 Å². The smallest absolute Gasteiger partial charge is 0.0435 e. The van der Waals surface area contributed by atoms with Crippen LogP contribution >= 0.6 is 11.8 Å². The summed E-state index contributed by atoms with van der Waals surface area (Å²) in [6.45, 7) is 13.5. The highest BCUT2D eigenvalue weighted by Gasteiger charge is 2.42. The van der Waals surface area contributed by atoms with E-state index < -0.39 is 0 Å². The van der Waals surface area contributed by atoms with Crippen molar-refractivity contribution >= 4 is 11.8 Å². The van der Waals surface area contributed by atoms with Crippen molar-refractivity contribution < 1.29 is 0 Å². The van der Waals surface area contributed by atoms with E-state index >= 15 is 0 Å². The maximum Gasteiger partial charge on any atom is 0.0435 e. The van der Waals surface area contributed by atoms with Gasteiger partial charge >= 0.3 is 0 Å². The van der Waals surface area contributed by atoms with E-state index in [1.807, 2.05) is 0 Å². The van der Waals surface area contributed by atoms with Crippen LogP contribution in [0.25, 0.3) is 0 Å². The van der Waals surface area contributed by atoms with Crippen molar-refractivity contribution in [2.24, 2.45) is 11.7 Å². The van der Waals surface area contributed by atoms with Crippen molar-refractivity contribution in [2.45, 2.75) is 57.9 Å². The second kappa shape index (κ2) is 5.74. The molecule has 0 bridgehead atoms. The van der Waals surface area contributed by atoms with Crippen molar-refractivity contribution in [3.05, 3.63) is 0 Å². The van der Waals surface area contributed by atoms with Gasteiger partial charge < -0.3 is 5.73 Å². The summed E-state index contributed by atoms with van der Waals surface area (Å²) < 4.78 is 0. The van der Waals surface area contributed by atoms with Crippen LogP contribution in [0, 0.1) is 5.92 Å². The zero-order valence-electron chi connectivity index (χ0n) is 11.5. The molecule has 0 aromatic heterocycles. The van der Waals surface area contributed by atoms with Crippen LogP contribution in [0.3, 0.4) is 0 Å². The van der Waals surface area contributed by atoms with Gasteiger partial charge in [-0.3, -0.25) is 4.90 Å². The lowest BCUT2D eigenvalue weighted by atomic mass is 9.91. The van der Waals surface area contributed by atoms with E-state index in [1.54, 1.807) is 0 Å². The normalized spacial score (nSPS) is 30.9. The highest BCUT2D eigenvalue weighted by molar-refractivity contribution is 8.00. The molecule has 0 radical (unpaired) electrons. The van der Waals surface area contributed by atoms with Crippen LogP contribution in [0.1, 0.15) is 41.0 Å². The molecular weight excluding hydrogens is 216 g/mol. The molecule has 0 saturated carbocycles. The zero-order valence-corrected chi connectivity index (χ0v) is 12.3. The third-order valence-corrected chi connectivity index (χ3v) is 4.92. The molecule has 96 valence electrons. The maximum absolute atomic E-state index is 6.09. The summed E-state index contributed by atoms with van der Waals surface area (Å²) in [5.41, 5.74) is 6.34. The Hall–Kier alpha value is 0.270. The Labute approximate surface area is 105 Å². The third kappa shape index (κ3) is 3.14. The molecule has 0 aliphatic carbocycles. The molecule has 2 atom stereocenters. The third-order valence-electron chi connectivity index (χ3n) is 3.48. The molecule has 2 unspecified atom stereocenters. The molecule has 1 saturated heterocycles. The molecule has 3 heteroatoms. The fraction of sp³-hybridized carbons (Fsp3) is 1.00. The molecule has 1 aliphatic heterocycles. The van der Waals surface area contributed by atoms with Crippen LogP contribution in [-0.2, 0) is 0 Å². The first kappa shape index (κ1) is 14.3. The molecule has 1 heterocycles. The Balaban J connectivity index is 2.81. The number of rotatable bonds is 5. The molecule has 16 heavy (non-hydrogen) atoms. The van der Waals surface area contributed by atoms with Gasteiger partial charge in [0.1, 0.15) is 0 Å². The standard InChI is InChI=1S/C13H28N2S/c1-10(2)7-15(11(3)4)13(8-14)6-12(5)16-9-13/h10-12H,6-9,14H2,1-5H3. The summed E-state index contributed by atoms with van der Waals surface area (Å²) in [7, 11) is 0. The quantitative estimate of drug-likeness (QED) is 0.806. The molecule has 0 aromatic carbocycles. The maximum atomic E-state index is 6.09. The van der Waals surface area contributed by atoms with E-state index in [0.29, 0.717) is 12.0 Å². The van der Waals surface area contributed by atoms with E-state index in [2.05, 4.69) is 51.3 Å². The molecule has 2 N–H and O–H groups in total. The molecule has 1 rings (SSSR count). The van der Waals surface area contributed by atoms with Gasteiger partial charge in [0.05, 0.1) is 0 Å². The SMILES string of the molecule is CC(C)CN(C(C)C)C1(CN)CSC(C)C1. The Morgan fingerprint density at radius 1 is 1.38 bits per heavy atom. The minimum absolute atomic E-state index is 0.253. The fourth-order valence-electron chi connectivity index (χ4n) is 2.76. The summed E-state index contributed by atoms with van der Waals surface area (Å²) in [6.07, 6.45) is 1.25. The topological polar surface area (TPSA) is 29.3 Å². The number of nitrogens with two attached hydrogens (primary N) is 1. The van der Waals surface area contributed by atoms with Gasteiger partial charge in [0.15, 0.2) is 0 Å². The largest absolute Gasteiger partial charge is 0.329 e. The van der Waals surface area contributed by atoms with Crippen molar-refractivity contribution in [1.29, 1.82) is 0 Å². The minimum atomic E-state index is 0.253. The van der Waals surface area contributed by atoms with Crippen LogP contribution in [0.15, 0.2) is 0 Å². The van der Waals surface area contributed by atoms with E-state index in [-0.39, 0.29) is 5.54 Å². The van der Waals surface area contributed by atoms with Crippen molar-refractivity contribution in [2.75, 3.05) is 18.8 Å². The first-order chi connectivity index (χ1) is 7.41. The Morgan fingerprint density at radius 2 is 2.00 bits per heavy atom. The molecule has 2 nitrogen and oxygen atoms in total. The van der Waals surface area contributed by atoms with Crippen molar-refractivity contribution in [3.63, 3.8) is 0 Å². The Morgan fingerprint density at radius 3 is 2.31 bits per heavy atom. The van der Waals surface area contributed by atoms with Crippen LogP contribution in [0.4, 0.5) is 0 Å². The lowest BCUT2D eigenvalue weighted by Gasteiger charge is -2.44. The highest BCUT2D eigenvalue weighted by Crippen LogP contribution is 2.39. The van der Waals surface area contributed by atoms with Crippen LogP contribution < -0.4 is 5.73 Å². The molecule has 0 spiro atoms. The summed E-state index contributed by atoms with van der Waals surface area (Å²) >= 11 is 2.08. The first-order valence-corrected chi connectivity index (χ1v) is 7.54. The summed E-state index contributed by atoms with van der Waals surface area (Å²) in [4.78, 5) is 2.65. The zero-order chi connectivity index (χ0) is 12.3. The summed E-state index contributed by atoms with van der Waals surface area (Å²) in [5.74, 6) is 1.92. The van der Waals surface area contributed by atoms with E-state index in [9.17, 15) is 0 Å². The van der Waals surface area contributed by atoms with Crippen LogP contribution in [0.2, 0.25) is 0 Å². The van der Waals surface area contributed by atoms with Gasteiger partial charge in [-0.2, -0.15) is 11.8 Å². The van der Waals surface area contributed by atoms with Crippen molar-refractivity contribution in [3.8, 4) is 0 Å². The molecule has 1 fully saturated rings. The fourth-order valence-corrected chi connectivity index (χ4v) is 4.18. The number of nitrogens with zero attached hydrogens (tertiary/aromatic N) is 1. The minimum Gasteiger partial charge on any atom is -0.329 e. The molecule has 1 aliphatic rings. The van der Waals surface area contributed by atoms with Gasteiger partial charge in [-0.05, 0) is 26.2 Å². The number of hydrogen-bond acceptors (Lipinski definition) is 3. The van der Waals surface area contributed by atoms with E-state index in [0.717, 1.165) is 11.8 Å². The molecule has 0 amide bonds. The van der Waals surface area contributed by atoms with Gasteiger partial charge in [0.2, 0.25) is 0 Å². The summed E-state index contributed by atoms with van der Waals surface area (Å²) in [5, 5.41) is 0.761. The van der Waals surface area contributed by atoms with Gasteiger partial charge in [0.25, 0.3) is 0 Å². The van der Waals surface area contributed by atoms with Crippen LogP contribution in [-0.4, -0.2) is 40.6 Å². The molecular formula is C13H28N2S. The second-order valence-electron chi connectivity index (χ2n) is 5.89. The average molecular weight is 244 g/mol. The number of hydrogen-bond donors (Lipinski definition) is 1.